The molecule has 2 aliphatic carbocycles. The van der Waals surface area contributed by atoms with E-state index in [1.165, 1.54) is 15.0 Å². The van der Waals surface area contributed by atoms with Crippen molar-refractivity contribution in [2.75, 3.05) is 43.9 Å². The fourth-order valence-corrected chi connectivity index (χ4v) is 5.98. The van der Waals surface area contributed by atoms with Crippen molar-refractivity contribution in [1.82, 2.24) is 13.5 Å². The van der Waals surface area contributed by atoms with Crippen LogP contribution in [0.15, 0.2) is 24.3 Å². The summed E-state index contributed by atoms with van der Waals surface area (Å²) < 4.78 is 29.1. The third kappa shape index (κ3) is 5.41. The first-order chi connectivity index (χ1) is 15.3. The van der Waals surface area contributed by atoms with Crippen LogP contribution in [0.1, 0.15) is 44.9 Å². The maximum Gasteiger partial charge on any atom is 0.321 e. The lowest BCUT2D eigenvalue weighted by molar-refractivity contribution is -0.117. The number of rotatable bonds is 6. The SMILES string of the molecule is CN(C1CCCCC1)S(=O)(=O)N1CCN(C(=O)Nc2cccc(NC(=O)C3CC3)c2)CC1. The average molecular weight is 464 g/mol. The van der Waals surface area contributed by atoms with Crippen molar-refractivity contribution in [2.45, 2.75) is 51.0 Å². The van der Waals surface area contributed by atoms with Gasteiger partial charge in [0, 0.05) is 56.6 Å². The predicted octanol–water partition coefficient (Wildman–Crippen LogP) is 2.69. The molecule has 1 saturated heterocycles. The Morgan fingerprint density at radius 2 is 1.56 bits per heavy atom. The number of nitrogens with zero attached hydrogens (tertiary/aromatic N) is 3. The Hall–Kier alpha value is -2.17. The van der Waals surface area contributed by atoms with E-state index in [1.807, 2.05) is 0 Å². The molecule has 176 valence electrons. The zero-order valence-corrected chi connectivity index (χ0v) is 19.4. The van der Waals surface area contributed by atoms with Gasteiger partial charge in [-0.3, -0.25) is 4.79 Å². The molecule has 2 N–H and O–H groups in total. The second kappa shape index (κ2) is 9.76. The molecule has 1 aromatic rings. The highest BCUT2D eigenvalue weighted by atomic mass is 32.2. The minimum atomic E-state index is -3.52. The van der Waals surface area contributed by atoms with E-state index in [2.05, 4.69) is 10.6 Å². The molecule has 3 aliphatic rings. The molecule has 9 nitrogen and oxygen atoms in total. The van der Waals surface area contributed by atoms with Gasteiger partial charge in [0.2, 0.25) is 5.91 Å². The van der Waals surface area contributed by atoms with Crippen molar-refractivity contribution in [2.24, 2.45) is 5.92 Å². The maximum atomic E-state index is 13.0. The fourth-order valence-electron chi connectivity index (χ4n) is 4.40. The highest BCUT2D eigenvalue weighted by Crippen LogP contribution is 2.30. The summed E-state index contributed by atoms with van der Waals surface area (Å²) in [5, 5.41) is 5.73. The van der Waals surface area contributed by atoms with Gasteiger partial charge in [-0.05, 0) is 43.9 Å². The molecule has 0 unspecified atom stereocenters. The Balaban J connectivity index is 1.29. The zero-order valence-electron chi connectivity index (χ0n) is 18.6. The zero-order chi connectivity index (χ0) is 22.7. The highest BCUT2D eigenvalue weighted by molar-refractivity contribution is 7.86. The lowest BCUT2D eigenvalue weighted by Gasteiger charge is -2.38. The van der Waals surface area contributed by atoms with E-state index in [9.17, 15) is 18.0 Å². The van der Waals surface area contributed by atoms with Gasteiger partial charge in [0.05, 0.1) is 0 Å². The largest absolute Gasteiger partial charge is 0.326 e. The molecule has 3 fully saturated rings. The number of nitrogens with one attached hydrogen (secondary N) is 2. The van der Waals surface area contributed by atoms with E-state index < -0.39 is 10.2 Å². The minimum Gasteiger partial charge on any atom is -0.326 e. The Morgan fingerprint density at radius 1 is 0.938 bits per heavy atom. The summed E-state index contributed by atoms with van der Waals surface area (Å²) in [4.78, 5) is 26.3. The second-order valence-corrected chi connectivity index (χ2v) is 11.0. The summed E-state index contributed by atoms with van der Waals surface area (Å²) in [6.45, 7) is 1.23. The van der Waals surface area contributed by atoms with E-state index >= 15 is 0 Å². The molecule has 1 heterocycles. The van der Waals surface area contributed by atoms with Crippen LogP contribution in [0.25, 0.3) is 0 Å². The summed E-state index contributed by atoms with van der Waals surface area (Å²) in [7, 11) is -1.84. The van der Waals surface area contributed by atoms with Gasteiger partial charge < -0.3 is 15.5 Å². The number of benzene rings is 1. The molecule has 1 aliphatic heterocycles. The number of urea groups is 1. The van der Waals surface area contributed by atoms with Gasteiger partial charge in [0.15, 0.2) is 0 Å². The van der Waals surface area contributed by atoms with Gasteiger partial charge in [-0.2, -0.15) is 17.0 Å². The first-order valence-corrected chi connectivity index (χ1v) is 12.9. The summed E-state index contributed by atoms with van der Waals surface area (Å²) >= 11 is 0. The van der Waals surface area contributed by atoms with Crippen LogP contribution in [-0.2, 0) is 15.0 Å². The number of piperazine rings is 1. The van der Waals surface area contributed by atoms with Gasteiger partial charge >= 0.3 is 6.03 Å². The Morgan fingerprint density at radius 3 is 2.19 bits per heavy atom. The van der Waals surface area contributed by atoms with Crippen molar-refractivity contribution in [3.63, 3.8) is 0 Å². The van der Waals surface area contributed by atoms with Gasteiger partial charge in [-0.15, -0.1) is 0 Å². The molecule has 2 saturated carbocycles. The normalized spacial score (nSPS) is 20.9. The van der Waals surface area contributed by atoms with Crippen LogP contribution in [0.2, 0.25) is 0 Å². The van der Waals surface area contributed by atoms with E-state index in [4.69, 9.17) is 0 Å². The third-order valence-corrected chi connectivity index (χ3v) is 8.68. The molecule has 0 spiro atoms. The van der Waals surface area contributed by atoms with Gasteiger partial charge in [0.25, 0.3) is 10.2 Å². The van der Waals surface area contributed by atoms with Crippen LogP contribution in [0.5, 0.6) is 0 Å². The van der Waals surface area contributed by atoms with Gasteiger partial charge in [-0.1, -0.05) is 25.3 Å². The van der Waals surface area contributed by atoms with E-state index in [0.717, 1.165) is 38.5 Å². The van der Waals surface area contributed by atoms with Gasteiger partial charge in [0.1, 0.15) is 0 Å². The molecule has 10 heteroatoms. The van der Waals surface area contributed by atoms with E-state index in [0.29, 0.717) is 24.5 Å². The molecule has 0 aromatic heterocycles. The predicted molar refractivity (Wildman–Crippen MR) is 124 cm³/mol. The number of carbonyl (C=O) groups is 2. The van der Waals surface area contributed by atoms with Crippen molar-refractivity contribution in [3.8, 4) is 0 Å². The standard InChI is InChI=1S/C22H33N5O4S/c1-25(20-8-3-2-4-9-20)32(30,31)27-14-12-26(13-15-27)22(29)24-19-7-5-6-18(16-19)23-21(28)17-10-11-17/h5-7,16-17,20H,2-4,8-15H2,1H3,(H,23,28)(H,24,29). The van der Waals surface area contributed by atoms with Crippen LogP contribution in [0, 0.1) is 5.92 Å². The quantitative estimate of drug-likeness (QED) is 0.677. The molecular weight excluding hydrogens is 430 g/mol. The van der Waals surface area contributed by atoms with E-state index in [-0.39, 0.29) is 37.0 Å². The monoisotopic (exact) mass is 463 g/mol. The molecule has 0 bridgehead atoms. The number of hydrogen-bond acceptors (Lipinski definition) is 4. The molecule has 1 aromatic carbocycles. The van der Waals surface area contributed by atoms with Crippen LogP contribution in [0.3, 0.4) is 0 Å². The molecule has 4 rings (SSSR count). The molecule has 3 amide bonds. The summed E-state index contributed by atoms with van der Waals surface area (Å²) in [6, 6.07) is 6.88. The number of amides is 3. The van der Waals surface area contributed by atoms with Crippen molar-refractivity contribution in [1.29, 1.82) is 0 Å². The first-order valence-electron chi connectivity index (χ1n) is 11.5. The van der Waals surface area contributed by atoms with Crippen molar-refractivity contribution < 1.29 is 18.0 Å². The first kappa shape index (κ1) is 23.0. The Labute approximate surface area is 190 Å². The van der Waals surface area contributed by atoms with Crippen LogP contribution in [-0.4, -0.2) is 73.1 Å². The number of anilines is 2. The lowest BCUT2D eigenvalue weighted by Crippen LogP contribution is -2.55. The lowest BCUT2D eigenvalue weighted by atomic mass is 9.96. The van der Waals surface area contributed by atoms with Crippen LogP contribution >= 0.6 is 0 Å². The maximum absolute atomic E-state index is 13.0. The summed E-state index contributed by atoms with van der Waals surface area (Å²) in [5.41, 5.74) is 1.25. The summed E-state index contributed by atoms with van der Waals surface area (Å²) in [5.74, 6) is 0.127. The summed E-state index contributed by atoms with van der Waals surface area (Å²) in [6.07, 6.45) is 7.01. The highest BCUT2D eigenvalue weighted by Gasteiger charge is 2.35. The van der Waals surface area contributed by atoms with Crippen molar-refractivity contribution in [3.05, 3.63) is 24.3 Å². The third-order valence-electron chi connectivity index (χ3n) is 6.63. The minimum absolute atomic E-state index is 0.0176. The number of carbonyl (C=O) groups excluding carboxylic acids is 2. The smallest absolute Gasteiger partial charge is 0.321 e. The van der Waals surface area contributed by atoms with Crippen LogP contribution in [0.4, 0.5) is 16.2 Å². The fraction of sp³-hybridized carbons (Fsp3) is 0.636. The molecular formula is C22H33N5O4S. The van der Waals surface area contributed by atoms with Gasteiger partial charge in [-0.25, -0.2) is 4.79 Å². The topological polar surface area (TPSA) is 102 Å². The second-order valence-electron chi connectivity index (χ2n) is 8.98. The Kier molecular flexibility index (Phi) is 7.02. The van der Waals surface area contributed by atoms with Crippen LogP contribution < -0.4 is 10.6 Å². The average Bonchev–Trinajstić information content (AvgIpc) is 3.65. The number of hydrogen-bond donors (Lipinski definition) is 2. The molecule has 32 heavy (non-hydrogen) atoms. The van der Waals surface area contributed by atoms with E-state index in [1.54, 1.807) is 36.2 Å². The Bertz CT molecular complexity index is 935. The molecule has 0 radical (unpaired) electrons. The van der Waals surface area contributed by atoms with Crippen molar-refractivity contribution >= 4 is 33.5 Å². The molecule has 0 atom stereocenters.